The fourth-order valence-electron chi connectivity index (χ4n) is 3.33. The van der Waals surface area contributed by atoms with Crippen LogP contribution in [-0.2, 0) is 10.2 Å². The number of anilines is 2. The molecule has 3 amide bonds. The van der Waals surface area contributed by atoms with Crippen molar-refractivity contribution in [2.45, 2.75) is 46.0 Å². The second-order valence-electron chi connectivity index (χ2n) is 9.18. The monoisotopic (exact) mass is 525 g/mol. The van der Waals surface area contributed by atoms with Crippen molar-refractivity contribution in [1.29, 1.82) is 0 Å². The van der Waals surface area contributed by atoms with Gasteiger partial charge in [0.05, 0.1) is 11.4 Å². The van der Waals surface area contributed by atoms with Crippen LogP contribution in [0.25, 0.3) is 5.69 Å². The lowest BCUT2D eigenvalue weighted by Gasteiger charge is -2.22. The molecule has 7 nitrogen and oxygen atoms in total. The molecule has 2 N–H and O–H groups in total. The highest BCUT2D eigenvalue weighted by Gasteiger charge is 2.23. The van der Waals surface area contributed by atoms with Crippen molar-refractivity contribution in [3.8, 4) is 5.69 Å². The molecule has 0 bridgehead atoms. The van der Waals surface area contributed by atoms with E-state index in [-0.39, 0.29) is 23.9 Å². The maximum atomic E-state index is 13.1. The standard InChI is InChI=1S/C26H32BrN5O2/c1-5-6-15-31(25(34)28-20-12-10-11-19(27)16-20)18-24(33)29-23-17-22(26(2,3)4)30-32(23)21-13-8-7-9-14-21/h7-14,16-17H,5-6,15,18H2,1-4H3,(H,28,34)(H,29,33). The van der Waals surface area contributed by atoms with Gasteiger partial charge < -0.3 is 15.5 Å². The predicted molar refractivity (Wildman–Crippen MR) is 141 cm³/mol. The van der Waals surface area contributed by atoms with Crippen LogP contribution in [0.2, 0.25) is 0 Å². The van der Waals surface area contributed by atoms with Crippen LogP contribution in [0.15, 0.2) is 65.1 Å². The molecule has 0 fully saturated rings. The topological polar surface area (TPSA) is 79.3 Å². The zero-order chi connectivity index (χ0) is 24.7. The van der Waals surface area contributed by atoms with Gasteiger partial charge in [-0.1, -0.05) is 74.3 Å². The number of para-hydroxylation sites is 1. The molecule has 34 heavy (non-hydrogen) atoms. The molecule has 2 aromatic carbocycles. The number of unbranched alkanes of at least 4 members (excludes halogenated alkanes) is 1. The average Bonchev–Trinajstić information content (AvgIpc) is 3.21. The predicted octanol–water partition coefficient (Wildman–Crippen LogP) is 6.21. The Morgan fingerprint density at radius 2 is 1.76 bits per heavy atom. The van der Waals surface area contributed by atoms with Crippen LogP contribution < -0.4 is 10.6 Å². The molecule has 8 heteroatoms. The summed E-state index contributed by atoms with van der Waals surface area (Å²) in [4.78, 5) is 27.5. The van der Waals surface area contributed by atoms with Crippen LogP contribution in [0.4, 0.5) is 16.3 Å². The first-order valence-corrected chi connectivity index (χ1v) is 12.2. The van der Waals surface area contributed by atoms with E-state index in [1.165, 1.54) is 4.90 Å². The minimum absolute atomic E-state index is 0.0648. The molecule has 1 heterocycles. The molecule has 0 aliphatic rings. The Balaban J connectivity index is 1.78. The van der Waals surface area contributed by atoms with Gasteiger partial charge in [0.25, 0.3) is 0 Å². The van der Waals surface area contributed by atoms with Gasteiger partial charge in [0.1, 0.15) is 12.4 Å². The van der Waals surface area contributed by atoms with E-state index in [2.05, 4.69) is 54.3 Å². The molecule has 180 valence electrons. The van der Waals surface area contributed by atoms with E-state index in [1.807, 2.05) is 60.7 Å². The van der Waals surface area contributed by atoms with Gasteiger partial charge in [-0.2, -0.15) is 5.10 Å². The first kappa shape index (κ1) is 25.5. The van der Waals surface area contributed by atoms with Crippen LogP contribution in [-0.4, -0.2) is 39.7 Å². The fourth-order valence-corrected chi connectivity index (χ4v) is 3.73. The van der Waals surface area contributed by atoms with Crippen molar-refractivity contribution in [3.05, 3.63) is 70.8 Å². The normalized spacial score (nSPS) is 11.2. The Morgan fingerprint density at radius 1 is 1.03 bits per heavy atom. The summed E-state index contributed by atoms with van der Waals surface area (Å²) in [6.45, 7) is 8.70. The lowest BCUT2D eigenvalue weighted by molar-refractivity contribution is -0.116. The van der Waals surface area contributed by atoms with E-state index in [9.17, 15) is 9.59 Å². The third-order valence-electron chi connectivity index (χ3n) is 5.23. The van der Waals surface area contributed by atoms with Crippen molar-refractivity contribution in [2.75, 3.05) is 23.7 Å². The van der Waals surface area contributed by atoms with Gasteiger partial charge in [-0.3, -0.25) is 4.79 Å². The molecule has 0 aliphatic carbocycles. The van der Waals surface area contributed by atoms with Gasteiger partial charge in [0.15, 0.2) is 0 Å². The molecule has 0 radical (unpaired) electrons. The van der Waals surface area contributed by atoms with E-state index in [0.29, 0.717) is 18.1 Å². The van der Waals surface area contributed by atoms with Gasteiger partial charge in [0, 0.05) is 28.2 Å². The highest BCUT2D eigenvalue weighted by atomic mass is 79.9. The molecular weight excluding hydrogens is 494 g/mol. The maximum absolute atomic E-state index is 13.1. The minimum atomic E-state index is -0.311. The molecule has 3 rings (SSSR count). The van der Waals surface area contributed by atoms with Gasteiger partial charge in [0.2, 0.25) is 5.91 Å². The number of carbonyl (C=O) groups excluding carboxylic acids is 2. The van der Waals surface area contributed by atoms with Crippen LogP contribution in [0.1, 0.15) is 46.2 Å². The van der Waals surface area contributed by atoms with Gasteiger partial charge in [-0.05, 0) is 36.8 Å². The largest absolute Gasteiger partial charge is 0.322 e. The summed E-state index contributed by atoms with van der Waals surface area (Å²) in [5.74, 6) is 0.294. The van der Waals surface area contributed by atoms with Crippen molar-refractivity contribution in [1.82, 2.24) is 14.7 Å². The van der Waals surface area contributed by atoms with Crippen LogP contribution >= 0.6 is 15.9 Å². The van der Waals surface area contributed by atoms with E-state index >= 15 is 0 Å². The zero-order valence-corrected chi connectivity index (χ0v) is 21.7. The Labute approximate surface area is 209 Å². The number of hydrogen-bond donors (Lipinski definition) is 2. The molecular formula is C26H32BrN5O2. The van der Waals surface area contributed by atoms with Crippen LogP contribution in [0, 0.1) is 0 Å². The molecule has 0 unspecified atom stereocenters. The summed E-state index contributed by atoms with van der Waals surface area (Å²) in [7, 11) is 0. The maximum Gasteiger partial charge on any atom is 0.322 e. The SMILES string of the molecule is CCCCN(CC(=O)Nc1cc(C(C)(C)C)nn1-c1ccccc1)C(=O)Nc1cccc(Br)c1. The first-order valence-electron chi connectivity index (χ1n) is 11.4. The number of halogens is 1. The average molecular weight is 526 g/mol. The van der Waals surface area contributed by atoms with Crippen LogP contribution in [0.5, 0.6) is 0 Å². The smallest absolute Gasteiger partial charge is 0.315 e. The summed E-state index contributed by atoms with van der Waals surface area (Å²) >= 11 is 3.41. The van der Waals surface area contributed by atoms with E-state index in [0.717, 1.165) is 28.7 Å². The molecule has 0 saturated carbocycles. The van der Waals surface area contributed by atoms with Crippen molar-refractivity contribution in [3.63, 3.8) is 0 Å². The third kappa shape index (κ3) is 6.93. The highest BCUT2D eigenvalue weighted by molar-refractivity contribution is 9.10. The third-order valence-corrected chi connectivity index (χ3v) is 5.72. The number of benzene rings is 2. The van der Waals surface area contributed by atoms with Gasteiger partial charge >= 0.3 is 6.03 Å². The number of hydrogen-bond acceptors (Lipinski definition) is 3. The molecule has 0 saturated heterocycles. The Morgan fingerprint density at radius 3 is 2.41 bits per heavy atom. The second kappa shape index (κ2) is 11.3. The van der Waals surface area contributed by atoms with Gasteiger partial charge in [-0.15, -0.1) is 0 Å². The number of carbonyl (C=O) groups is 2. The lowest BCUT2D eigenvalue weighted by atomic mass is 9.92. The van der Waals surface area contributed by atoms with Crippen molar-refractivity contribution >= 4 is 39.4 Å². The fraction of sp³-hybridized carbons (Fsp3) is 0.346. The minimum Gasteiger partial charge on any atom is -0.315 e. The number of urea groups is 1. The number of amides is 3. The Hall–Kier alpha value is -3.13. The van der Waals surface area contributed by atoms with Gasteiger partial charge in [-0.25, -0.2) is 9.48 Å². The zero-order valence-electron chi connectivity index (χ0n) is 20.1. The summed E-state index contributed by atoms with van der Waals surface area (Å²) in [5.41, 5.74) is 2.19. The summed E-state index contributed by atoms with van der Waals surface area (Å²) in [5, 5.41) is 10.6. The van der Waals surface area contributed by atoms with E-state index < -0.39 is 0 Å². The Kier molecular flexibility index (Phi) is 8.50. The number of nitrogens with one attached hydrogen (secondary N) is 2. The second-order valence-corrected chi connectivity index (χ2v) is 10.1. The lowest BCUT2D eigenvalue weighted by Crippen LogP contribution is -2.41. The van der Waals surface area contributed by atoms with Crippen LogP contribution in [0.3, 0.4) is 0 Å². The van der Waals surface area contributed by atoms with Crippen molar-refractivity contribution in [2.24, 2.45) is 0 Å². The molecule has 0 atom stereocenters. The van der Waals surface area contributed by atoms with E-state index in [4.69, 9.17) is 5.10 Å². The van der Waals surface area contributed by atoms with E-state index in [1.54, 1.807) is 4.68 Å². The molecule has 3 aromatic rings. The van der Waals surface area contributed by atoms with Crippen molar-refractivity contribution < 1.29 is 9.59 Å². The number of rotatable bonds is 8. The first-order chi connectivity index (χ1) is 16.2. The highest BCUT2D eigenvalue weighted by Crippen LogP contribution is 2.26. The summed E-state index contributed by atoms with van der Waals surface area (Å²) in [6, 6.07) is 18.6. The Bertz CT molecular complexity index is 1120. The summed E-state index contributed by atoms with van der Waals surface area (Å²) in [6.07, 6.45) is 1.72. The number of nitrogens with zero attached hydrogens (tertiary/aromatic N) is 3. The molecule has 0 spiro atoms. The quantitative estimate of drug-likeness (QED) is 0.367. The molecule has 0 aliphatic heterocycles. The summed E-state index contributed by atoms with van der Waals surface area (Å²) < 4.78 is 2.60. The molecule has 1 aromatic heterocycles. The number of aromatic nitrogens is 2.